The van der Waals surface area contributed by atoms with Gasteiger partial charge in [-0.1, -0.05) is 23.7 Å². The van der Waals surface area contributed by atoms with E-state index >= 15 is 0 Å². The zero-order valence-corrected chi connectivity index (χ0v) is 10.4. The van der Waals surface area contributed by atoms with E-state index in [0.717, 1.165) is 31.7 Å². The van der Waals surface area contributed by atoms with Gasteiger partial charge in [-0.2, -0.15) is 0 Å². The summed E-state index contributed by atoms with van der Waals surface area (Å²) in [6, 6.07) is 4.98. The van der Waals surface area contributed by atoms with Crippen LogP contribution < -0.4 is 5.32 Å². The van der Waals surface area contributed by atoms with E-state index < -0.39 is 0 Å². The predicted molar refractivity (Wildman–Crippen MR) is 68.8 cm³/mol. The van der Waals surface area contributed by atoms with Gasteiger partial charge < -0.3 is 5.32 Å². The topological polar surface area (TPSA) is 15.3 Å². The second-order valence-electron chi connectivity index (χ2n) is 4.14. The van der Waals surface area contributed by atoms with Crippen LogP contribution in [0.1, 0.15) is 11.6 Å². The Bertz CT molecular complexity index is 402. The van der Waals surface area contributed by atoms with Gasteiger partial charge in [-0.05, 0) is 17.7 Å². The highest BCUT2D eigenvalue weighted by molar-refractivity contribution is 6.30. The maximum Gasteiger partial charge on any atom is 0.141 e. The molecule has 1 aromatic rings. The average molecular weight is 255 g/mol. The molecule has 2 rings (SSSR count). The van der Waals surface area contributed by atoms with E-state index in [9.17, 15) is 4.39 Å². The van der Waals surface area contributed by atoms with Gasteiger partial charge in [0.2, 0.25) is 0 Å². The Morgan fingerprint density at radius 3 is 2.71 bits per heavy atom. The molecule has 17 heavy (non-hydrogen) atoms. The van der Waals surface area contributed by atoms with E-state index in [1.807, 2.05) is 6.08 Å². The first-order chi connectivity index (χ1) is 8.22. The van der Waals surface area contributed by atoms with Gasteiger partial charge in [0.15, 0.2) is 0 Å². The predicted octanol–water partition coefficient (Wildman–Crippen LogP) is 2.61. The van der Waals surface area contributed by atoms with Crippen molar-refractivity contribution in [1.29, 1.82) is 0 Å². The van der Waals surface area contributed by atoms with Gasteiger partial charge in [0, 0.05) is 26.2 Å². The molecule has 1 N–H and O–H groups in total. The third-order valence-corrected chi connectivity index (χ3v) is 3.34. The van der Waals surface area contributed by atoms with Crippen LogP contribution in [0.5, 0.6) is 0 Å². The van der Waals surface area contributed by atoms with Gasteiger partial charge in [0.1, 0.15) is 5.82 Å². The first-order valence-electron chi connectivity index (χ1n) is 5.74. The molecule has 2 nitrogen and oxygen atoms in total. The Kier molecular flexibility index (Phi) is 4.15. The first-order valence-corrected chi connectivity index (χ1v) is 6.12. The highest BCUT2D eigenvalue weighted by Gasteiger charge is 2.19. The molecule has 0 amide bonds. The maximum absolute atomic E-state index is 13.1. The lowest BCUT2D eigenvalue weighted by atomic mass is 10.0. The monoisotopic (exact) mass is 254 g/mol. The van der Waals surface area contributed by atoms with Crippen molar-refractivity contribution in [1.82, 2.24) is 10.2 Å². The van der Waals surface area contributed by atoms with Crippen molar-refractivity contribution in [3.63, 3.8) is 0 Å². The summed E-state index contributed by atoms with van der Waals surface area (Å²) in [4.78, 5) is 2.31. The van der Waals surface area contributed by atoms with E-state index in [4.69, 9.17) is 11.6 Å². The van der Waals surface area contributed by atoms with Crippen LogP contribution in [0, 0.1) is 5.82 Å². The van der Waals surface area contributed by atoms with Gasteiger partial charge in [-0.15, -0.1) is 6.58 Å². The van der Waals surface area contributed by atoms with Crippen LogP contribution in [0.3, 0.4) is 0 Å². The molecule has 92 valence electrons. The molecule has 0 spiro atoms. The molecule has 1 aliphatic heterocycles. The van der Waals surface area contributed by atoms with Crippen molar-refractivity contribution in [2.24, 2.45) is 0 Å². The number of hydrogen-bond acceptors (Lipinski definition) is 2. The van der Waals surface area contributed by atoms with Gasteiger partial charge >= 0.3 is 0 Å². The summed E-state index contributed by atoms with van der Waals surface area (Å²) in [7, 11) is 0. The van der Waals surface area contributed by atoms with Crippen molar-refractivity contribution in [3.8, 4) is 0 Å². The Hall–Kier alpha value is -0.900. The number of benzene rings is 1. The number of halogens is 2. The van der Waals surface area contributed by atoms with Crippen molar-refractivity contribution < 1.29 is 4.39 Å². The second-order valence-corrected chi connectivity index (χ2v) is 4.55. The molecule has 1 saturated heterocycles. The van der Waals surface area contributed by atoms with Gasteiger partial charge in [0.25, 0.3) is 0 Å². The molecule has 1 heterocycles. The van der Waals surface area contributed by atoms with Crippen LogP contribution >= 0.6 is 11.6 Å². The molecule has 0 saturated carbocycles. The van der Waals surface area contributed by atoms with E-state index in [2.05, 4.69) is 16.8 Å². The van der Waals surface area contributed by atoms with Crippen molar-refractivity contribution in [3.05, 3.63) is 47.3 Å². The third kappa shape index (κ3) is 2.86. The summed E-state index contributed by atoms with van der Waals surface area (Å²) in [5, 5.41) is 3.47. The van der Waals surface area contributed by atoms with Crippen molar-refractivity contribution >= 4 is 11.6 Å². The fraction of sp³-hybridized carbons (Fsp3) is 0.385. The summed E-state index contributed by atoms with van der Waals surface area (Å²) < 4.78 is 13.1. The molecule has 0 aromatic heterocycles. The number of nitrogens with one attached hydrogen (secondary N) is 1. The number of rotatable bonds is 3. The van der Waals surface area contributed by atoms with Crippen molar-refractivity contribution in [2.45, 2.75) is 6.04 Å². The Balaban J connectivity index is 2.21. The van der Waals surface area contributed by atoms with Crippen LogP contribution in [-0.4, -0.2) is 31.1 Å². The Labute approximate surface area is 106 Å². The minimum Gasteiger partial charge on any atom is -0.314 e. The molecule has 1 aliphatic rings. The molecule has 0 bridgehead atoms. The SMILES string of the molecule is C=C[C@H](c1ccc(F)c(Cl)c1)N1CCNCC1. The zero-order chi connectivity index (χ0) is 12.3. The van der Waals surface area contributed by atoms with Crippen LogP contribution in [0.4, 0.5) is 4.39 Å². The standard InChI is InChI=1S/C13H16ClFN2/c1-2-13(17-7-5-16-6-8-17)10-3-4-12(15)11(14)9-10/h2-4,9,13,16H,1,5-8H2/t13-/m1/s1. The van der Waals surface area contributed by atoms with Gasteiger partial charge in [-0.25, -0.2) is 4.39 Å². The normalized spacial score (nSPS) is 18.9. The Morgan fingerprint density at radius 1 is 1.41 bits per heavy atom. The van der Waals surface area contributed by atoms with Crippen molar-refractivity contribution in [2.75, 3.05) is 26.2 Å². The largest absolute Gasteiger partial charge is 0.314 e. The molecule has 0 unspecified atom stereocenters. The summed E-state index contributed by atoms with van der Waals surface area (Å²) in [5.74, 6) is -0.376. The average Bonchev–Trinajstić information content (AvgIpc) is 2.36. The molecule has 1 aromatic carbocycles. The molecular formula is C13H16ClFN2. The first kappa shape index (κ1) is 12.6. The van der Waals surface area contributed by atoms with Crippen LogP contribution in [-0.2, 0) is 0 Å². The number of hydrogen-bond donors (Lipinski definition) is 1. The fourth-order valence-corrected chi connectivity index (χ4v) is 2.34. The van der Waals surface area contributed by atoms with Crippen LogP contribution in [0.15, 0.2) is 30.9 Å². The Morgan fingerprint density at radius 2 is 2.12 bits per heavy atom. The van der Waals surface area contributed by atoms with Gasteiger partial charge in [-0.3, -0.25) is 4.90 Å². The van der Waals surface area contributed by atoms with E-state index in [1.54, 1.807) is 12.1 Å². The quantitative estimate of drug-likeness (QED) is 0.835. The molecule has 0 aliphatic carbocycles. The smallest absolute Gasteiger partial charge is 0.141 e. The highest BCUT2D eigenvalue weighted by atomic mass is 35.5. The van der Waals surface area contributed by atoms with E-state index in [1.165, 1.54) is 6.07 Å². The van der Waals surface area contributed by atoms with Gasteiger partial charge in [0.05, 0.1) is 11.1 Å². The zero-order valence-electron chi connectivity index (χ0n) is 9.63. The molecule has 1 fully saturated rings. The maximum atomic E-state index is 13.1. The summed E-state index contributed by atoms with van der Waals surface area (Å²) in [6.07, 6.45) is 1.88. The molecule has 0 radical (unpaired) electrons. The second kappa shape index (κ2) is 5.63. The lowest BCUT2D eigenvalue weighted by Gasteiger charge is -2.33. The third-order valence-electron chi connectivity index (χ3n) is 3.05. The summed E-state index contributed by atoms with van der Waals surface area (Å²) in [6.45, 7) is 7.74. The number of nitrogens with zero attached hydrogens (tertiary/aromatic N) is 1. The highest BCUT2D eigenvalue weighted by Crippen LogP contribution is 2.26. The van der Waals surface area contributed by atoms with E-state index in [-0.39, 0.29) is 16.9 Å². The number of piperazine rings is 1. The lowest BCUT2D eigenvalue weighted by Crippen LogP contribution is -2.44. The van der Waals surface area contributed by atoms with E-state index in [0.29, 0.717) is 0 Å². The minimum atomic E-state index is -0.376. The fourth-order valence-electron chi connectivity index (χ4n) is 2.15. The molecule has 4 heteroatoms. The lowest BCUT2D eigenvalue weighted by molar-refractivity contribution is 0.203. The van der Waals surface area contributed by atoms with Crippen LogP contribution in [0.25, 0.3) is 0 Å². The molecule has 1 atom stereocenters. The van der Waals surface area contributed by atoms with Crippen LogP contribution in [0.2, 0.25) is 5.02 Å². The summed E-state index contributed by atoms with van der Waals surface area (Å²) >= 11 is 5.81. The molecular weight excluding hydrogens is 239 g/mol. The summed E-state index contributed by atoms with van der Waals surface area (Å²) in [5.41, 5.74) is 0.994. The minimum absolute atomic E-state index is 0.107.